The summed E-state index contributed by atoms with van der Waals surface area (Å²) in [4.78, 5) is 9.40. The molecule has 0 saturated carbocycles. The second-order valence-electron chi connectivity index (χ2n) is 5.93. The Morgan fingerprint density at radius 2 is 2.00 bits per heavy atom. The third-order valence-corrected chi connectivity index (χ3v) is 4.12. The van der Waals surface area contributed by atoms with Gasteiger partial charge < -0.3 is 9.88 Å². The van der Waals surface area contributed by atoms with E-state index >= 15 is 0 Å². The monoisotopic (exact) mass is 306 g/mol. The number of aryl methyl sites for hydroxylation is 1. The van der Waals surface area contributed by atoms with Gasteiger partial charge in [0, 0.05) is 24.6 Å². The van der Waals surface area contributed by atoms with E-state index in [1.807, 2.05) is 18.5 Å². The molecule has 1 N–H and O–H groups in total. The first kappa shape index (κ1) is 15.8. The minimum Gasteiger partial charge on any atom is -0.370 e. The second-order valence-corrected chi connectivity index (χ2v) is 6.89. The van der Waals surface area contributed by atoms with Crippen LogP contribution in [0.2, 0.25) is 0 Å². The van der Waals surface area contributed by atoms with Gasteiger partial charge in [-0.2, -0.15) is 0 Å². The van der Waals surface area contributed by atoms with Crippen molar-refractivity contribution in [3.63, 3.8) is 0 Å². The van der Waals surface area contributed by atoms with Gasteiger partial charge in [-0.15, -0.1) is 10.2 Å². The largest absolute Gasteiger partial charge is 0.370 e. The summed E-state index contributed by atoms with van der Waals surface area (Å²) in [6, 6.07) is 0. The Kier molecular flexibility index (Phi) is 4.51. The fourth-order valence-electron chi connectivity index (χ4n) is 1.72. The van der Waals surface area contributed by atoms with Crippen LogP contribution in [0.1, 0.15) is 39.1 Å². The average Bonchev–Trinajstić information content (AvgIpc) is 2.78. The number of aromatic nitrogens is 5. The van der Waals surface area contributed by atoms with Crippen LogP contribution in [0, 0.1) is 6.92 Å². The van der Waals surface area contributed by atoms with Crippen LogP contribution in [0.5, 0.6) is 0 Å². The third-order valence-electron chi connectivity index (χ3n) is 2.97. The van der Waals surface area contributed by atoms with Gasteiger partial charge in [-0.25, -0.2) is 9.97 Å². The average molecular weight is 306 g/mol. The Labute approximate surface area is 129 Å². The molecule has 0 unspecified atom stereocenters. The highest BCUT2D eigenvalue weighted by atomic mass is 32.2. The lowest BCUT2D eigenvalue weighted by Gasteiger charge is -2.20. The van der Waals surface area contributed by atoms with Crippen LogP contribution in [0.15, 0.2) is 16.5 Å². The van der Waals surface area contributed by atoms with E-state index in [1.165, 1.54) is 11.8 Å². The topological polar surface area (TPSA) is 68.5 Å². The lowest BCUT2D eigenvalue weighted by molar-refractivity contribution is 0.538. The number of anilines is 1. The van der Waals surface area contributed by atoms with Gasteiger partial charge in [-0.3, -0.25) is 0 Å². The summed E-state index contributed by atoms with van der Waals surface area (Å²) in [5.74, 6) is 1.72. The molecular formula is C14H22N6S. The molecule has 0 spiro atoms. The van der Waals surface area contributed by atoms with Gasteiger partial charge in [0.1, 0.15) is 23.0 Å². The van der Waals surface area contributed by atoms with Crippen molar-refractivity contribution < 1.29 is 0 Å². The summed E-state index contributed by atoms with van der Waals surface area (Å²) in [5.41, 5.74) is 0.936. The van der Waals surface area contributed by atoms with Crippen molar-refractivity contribution in [3.05, 3.63) is 17.7 Å². The molecule has 0 aliphatic rings. The SMILES string of the molecule is CCNc1nc(C(C)(C)C)nc(Sc2nncn2C)c1C. The predicted molar refractivity (Wildman–Crippen MR) is 84.8 cm³/mol. The van der Waals surface area contributed by atoms with E-state index in [2.05, 4.69) is 48.2 Å². The zero-order valence-electron chi connectivity index (χ0n) is 13.4. The zero-order valence-corrected chi connectivity index (χ0v) is 14.2. The number of rotatable bonds is 4. The van der Waals surface area contributed by atoms with Crippen LogP contribution in [0.3, 0.4) is 0 Å². The summed E-state index contributed by atoms with van der Waals surface area (Å²) in [6.45, 7) is 11.3. The Hall–Kier alpha value is -1.63. The maximum absolute atomic E-state index is 4.73. The summed E-state index contributed by atoms with van der Waals surface area (Å²) >= 11 is 1.52. The quantitative estimate of drug-likeness (QED) is 0.876. The van der Waals surface area contributed by atoms with Crippen molar-refractivity contribution in [2.75, 3.05) is 11.9 Å². The molecule has 0 amide bonds. The summed E-state index contributed by atoms with van der Waals surface area (Å²) in [6.07, 6.45) is 1.69. The van der Waals surface area contributed by atoms with E-state index < -0.39 is 0 Å². The van der Waals surface area contributed by atoms with Gasteiger partial charge >= 0.3 is 0 Å². The maximum atomic E-state index is 4.73. The van der Waals surface area contributed by atoms with Crippen LogP contribution in [-0.4, -0.2) is 31.3 Å². The highest BCUT2D eigenvalue weighted by Crippen LogP contribution is 2.32. The molecule has 2 aromatic rings. The van der Waals surface area contributed by atoms with E-state index in [4.69, 9.17) is 4.98 Å². The minimum absolute atomic E-state index is 0.104. The summed E-state index contributed by atoms with van der Waals surface area (Å²) in [5, 5.41) is 13.1. The molecule has 0 aromatic carbocycles. The van der Waals surface area contributed by atoms with Gasteiger partial charge in [-0.1, -0.05) is 20.8 Å². The van der Waals surface area contributed by atoms with E-state index in [9.17, 15) is 0 Å². The minimum atomic E-state index is -0.104. The normalized spacial score (nSPS) is 11.7. The zero-order chi connectivity index (χ0) is 15.6. The van der Waals surface area contributed by atoms with Crippen molar-refractivity contribution in [2.45, 2.75) is 50.2 Å². The first-order valence-corrected chi connectivity index (χ1v) is 7.79. The number of nitrogens with one attached hydrogen (secondary N) is 1. The molecule has 0 saturated heterocycles. The molecule has 7 heteroatoms. The van der Waals surface area contributed by atoms with Gasteiger partial charge in [0.2, 0.25) is 0 Å². The molecule has 6 nitrogen and oxygen atoms in total. The molecule has 2 heterocycles. The van der Waals surface area contributed by atoms with Crippen LogP contribution < -0.4 is 5.32 Å². The Balaban J connectivity index is 2.48. The molecule has 0 radical (unpaired) electrons. The van der Waals surface area contributed by atoms with E-state index in [1.54, 1.807) is 6.33 Å². The fraction of sp³-hybridized carbons (Fsp3) is 0.571. The predicted octanol–water partition coefficient (Wildman–Crippen LogP) is 2.79. The maximum Gasteiger partial charge on any atom is 0.197 e. The number of hydrogen-bond acceptors (Lipinski definition) is 6. The number of hydrogen-bond donors (Lipinski definition) is 1. The van der Waals surface area contributed by atoms with Crippen molar-refractivity contribution >= 4 is 17.6 Å². The lowest BCUT2D eigenvalue weighted by atomic mass is 9.95. The molecule has 21 heavy (non-hydrogen) atoms. The molecule has 0 aliphatic heterocycles. The third kappa shape index (κ3) is 3.53. The molecule has 0 atom stereocenters. The number of nitrogens with zero attached hydrogens (tertiary/aromatic N) is 5. The van der Waals surface area contributed by atoms with Gasteiger partial charge in [0.25, 0.3) is 0 Å². The van der Waals surface area contributed by atoms with Gasteiger partial charge in [0.15, 0.2) is 5.16 Å². The molecule has 2 rings (SSSR count). The van der Waals surface area contributed by atoms with Crippen LogP contribution >= 0.6 is 11.8 Å². The standard InChI is InChI=1S/C14H22N6S/c1-7-15-10-9(2)11(18-12(17-10)14(3,4)5)21-13-19-16-8-20(13)6/h8H,7H2,1-6H3,(H,15,17,18). The van der Waals surface area contributed by atoms with Crippen LogP contribution in [-0.2, 0) is 12.5 Å². The van der Waals surface area contributed by atoms with Gasteiger partial charge in [0.05, 0.1) is 0 Å². The molecular weight excluding hydrogens is 284 g/mol. The van der Waals surface area contributed by atoms with E-state index in [0.29, 0.717) is 0 Å². The van der Waals surface area contributed by atoms with Crippen molar-refractivity contribution in [2.24, 2.45) is 7.05 Å². The Morgan fingerprint density at radius 3 is 2.52 bits per heavy atom. The van der Waals surface area contributed by atoms with Crippen molar-refractivity contribution in [1.29, 1.82) is 0 Å². The lowest BCUT2D eigenvalue weighted by Crippen LogP contribution is -2.19. The first-order valence-electron chi connectivity index (χ1n) is 6.97. The Bertz CT molecular complexity index is 629. The van der Waals surface area contributed by atoms with E-state index in [-0.39, 0.29) is 5.41 Å². The highest BCUT2D eigenvalue weighted by Gasteiger charge is 2.22. The van der Waals surface area contributed by atoms with Crippen molar-refractivity contribution in [1.82, 2.24) is 24.7 Å². The molecule has 2 aromatic heterocycles. The second kappa shape index (κ2) is 6.01. The smallest absolute Gasteiger partial charge is 0.197 e. The molecule has 114 valence electrons. The Morgan fingerprint density at radius 1 is 1.29 bits per heavy atom. The van der Waals surface area contributed by atoms with E-state index in [0.717, 1.165) is 33.9 Å². The summed E-state index contributed by atoms with van der Waals surface area (Å²) < 4.78 is 1.88. The molecule has 0 aliphatic carbocycles. The highest BCUT2D eigenvalue weighted by molar-refractivity contribution is 7.99. The summed E-state index contributed by atoms with van der Waals surface area (Å²) in [7, 11) is 1.93. The van der Waals surface area contributed by atoms with Crippen LogP contribution in [0.4, 0.5) is 5.82 Å². The van der Waals surface area contributed by atoms with Gasteiger partial charge in [-0.05, 0) is 25.6 Å². The fourth-order valence-corrected chi connectivity index (χ4v) is 2.56. The van der Waals surface area contributed by atoms with Crippen LogP contribution in [0.25, 0.3) is 0 Å². The van der Waals surface area contributed by atoms with Crippen molar-refractivity contribution in [3.8, 4) is 0 Å². The first-order chi connectivity index (χ1) is 9.82. The molecule has 0 fully saturated rings. The molecule has 0 bridgehead atoms.